The Balaban J connectivity index is 1.63. The number of nitrogens with zero attached hydrogens (tertiary/aromatic N) is 3. The number of carbonyl (C=O) groups is 1. The van der Waals surface area contributed by atoms with Crippen molar-refractivity contribution < 1.29 is 9.53 Å². The van der Waals surface area contributed by atoms with Crippen LogP contribution >= 0.6 is 11.3 Å². The van der Waals surface area contributed by atoms with Crippen LogP contribution in [0, 0.1) is 0 Å². The minimum Gasteiger partial charge on any atom is -0.372 e. The number of fused-ring (bicyclic) bond motifs is 1. The second kappa shape index (κ2) is 6.03. The molecule has 0 radical (unpaired) electrons. The molecule has 1 saturated heterocycles. The molecule has 3 aromatic rings. The molecule has 0 N–H and O–H groups in total. The Morgan fingerprint density at radius 2 is 1.92 bits per heavy atom. The van der Waals surface area contributed by atoms with Gasteiger partial charge in [0.25, 0.3) is 5.91 Å². The first-order valence-electron chi connectivity index (χ1n) is 8.09. The highest BCUT2D eigenvalue weighted by molar-refractivity contribution is 7.20. The predicted octanol–water partition coefficient (Wildman–Crippen LogP) is 3.34. The molecule has 6 heteroatoms. The Bertz CT molecular complexity index is 862. The SMILES string of the molecule is CC1CN(C(=O)c2ccc3nc(-n4cccc4)sc3c2)CC(C)O1. The number of hydrogen-bond acceptors (Lipinski definition) is 4. The van der Waals surface area contributed by atoms with E-state index < -0.39 is 0 Å². The van der Waals surface area contributed by atoms with Crippen LogP contribution in [0.15, 0.2) is 42.7 Å². The number of benzene rings is 1. The van der Waals surface area contributed by atoms with E-state index in [0.29, 0.717) is 18.7 Å². The van der Waals surface area contributed by atoms with E-state index in [0.717, 1.165) is 15.3 Å². The lowest BCUT2D eigenvalue weighted by molar-refractivity contribution is -0.0586. The third-order valence-corrected chi connectivity index (χ3v) is 5.19. The minimum atomic E-state index is 0.0646. The summed E-state index contributed by atoms with van der Waals surface area (Å²) in [6.07, 6.45) is 4.09. The quantitative estimate of drug-likeness (QED) is 0.718. The van der Waals surface area contributed by atoms with Gasteiger partial charge in [0.1, 0.15) is 0 Å². The van der Waals surface area contributed by atoms with Gasteiger partial charge < -0.3 is 14.2 Å². The fourth-order valence-electron chi connectivity index (χ4n) is 3.14. The van der Waals surface area contributed by atoms with Crippen LogP contribution in [0.3, 0.4) is 0 Å². The third kappa shape index (κ3) is 2.83. The fraction of sp³-hybridized carbons (Fsp3) is 0.333. The van der Waals surface area contributed by atoms with Crippen LogP contribution < -0.4 is 0 Å². The van der Waals surface area contributed by atoms with Crippen molar-refractivity contribution in [1.29, 1.82) is 0 Å². The fourth-order valence-corrected chi connectivity index (χ4v) is 4.12. The Labute approximate surface area is 144 Å². The molecule has 1 amide bonds. The van der Waals surface area contributed by atoms with Crippen LogP contribution in [-0.2, 0) is 4.74 Å². The van der Waals surface area contributed by atoms with Crippen LogP contribution in [0.5, 0.6) is 0 Å². The van der Waals surface area contributed by atoms with Gasteiger partial charge in [0.2, 0.25) is 0 Å². The normalized spacial score (nSPS) is 21.3. The molecule has 1 fully saturated rings. The molecule has 3 heterocycles. The first kappa shape index (κ1) is 15.4. The number of morpholine rings is 1. The van der Waals surface area contributed by atoms with Crippen molar-refractivity contribution in [2.75, 3.05) is 13.1 Å². The highest BCUT2D eigenvalue weighted by Crippen LogP contribution is 2.27. The lowest BCUT2D eigenvalue weighted by atomic mass is 10.1. The van der Waals surface area contributed by atoms with E-state index in [1.165, 1.54) is 0 Å². The van der Waals surface area contributed by atoms with Crippen LogP contribution in [-0.4, -0.2) is 45.7 Å². The third-order valence-electron chi connectivity index (χ3n) is 4.16. The number of hydrogen-bond donors (Lipinski definition) is 0. The summed E-state index contributed by atoms with van der Waals surface area (Å²) >= 11 is 1.59. The lowest BCUT2D eigenvalue weighted by Crippen LogP contribution is -2.48. The number of ether oxygens (including phenoxy) is 1. The molecule has 124 valence electrons. The molecule has 0 spiro atoms. The summed E-state index contributed by atoms with van der Waals surface area (Å²) in [5.41, 5.74) is 1.63. The molecule has 1 aromatic carbocycles. The Kier molecular flexibility index (Phi) is 3.86. The molecule has 1 aliphatic rings. The lowest BCUT2D eigenvalue weighted by Gasteiger charge is -2.35. The van der Waals surface area contributed by atoms with E-state index in [9.17, 15) is 4.79 Å². The maximum absolute atomic E-state index is 12.8. The van der Waals surface area contributed by atoms with Gasteiger partial charge >= 0.3 is 0 Å². The molecule has 1 aliphatic heterocycles. The van der Waals surface area contributed by atoms with Gasteiger partial charge in [-0.3, -0.25) is 4.79 Å². The molecule has 0 bridgehead atoms. The molecule has 0 saturated carbocycles. The topological polar surface area (TPSA) is 47.4 Å². The number of rotatable bonds is 2. The zero-order valence-electron chi connectivity index (χ0n) is 13.7. The molecule has 4 rings (SSSR count). The summed E-state index contributed by atoms with van der Waals surface area (Å²) in [5.74, 6) is 0.0646. The van der Waals surface area contributed by atoms with Crippen molar-refractivity contribution >= 4 is 27.5 Å². The average Bonchev–Trinajstić information content (AvgIpc) is 3.21. The van der Waals surface area contributed by atoms with Crippen molar-refractivity contribution in [2.45, 2.75) is 26.1 Å². The Morgan fingerprint density at radius 3 is 2.62 bits per heavy atom. The summed E-state index contributed by atoms with van der Waals surface area (Å²) in [5, 5.41) is 0.910. The van der Waals surface area contributed by atoms with E-state index in [1.54, 1.807) is 11.3 Å². The second-order valence-electron chi connectivity index (χ2n) is 6.24. The van der Waals surface area contributed by atoms with E-state index >= 15 is 0 Å². The van der Waals surface area contributed by atoms with Crippen LogP contribution in [0.2, 0.25) is 0 Å². The smallest absolute Gasteiger partial charge is 0.254 e. The highest BCUT2D eigenvalue weighted by Gasteiger charge is 2.26. The standard InChI is InChI=1S/C18H19N3O2S/c1-12-10-21(11-13(2)23-12)17(22)14-5-6-15-16(9-14)24-18(19-15)20-7-3-4-8-20/h3-9,12-13H,10-11H2,1-2H3. The Morgan fingerprint density at radius 1 is 1.21 bits per heavy atom. The largest absolute Gasteiger partial charge is 0.372 e. The molecule has 2 aromatic heterocycles. The molecule has 5 nitrogen and oxygen atoms in total. The molecule has 24 heavy (non-hydrogen) atoms. The van der Waals surface area contributed by atoms with E-state index in [4.69, 9.17) is 4.74 Å². The molecule has 2 unspecified atom stereocenters. The van der Waals surface area contributed by atoms with Gasteiger partial charge in [-0.25, -0.2) is 4.98 Å². The van der Waals surface area contributed by atoms with Crippen molar-refractivity contribution in [3.05, 3.63) is 48.3 Å². The van der Waals surface area contributed by atoms with Gasteiger partial charge in [-0.1, -0.05) is 11.3 Å². The summed E-state index contributed by atoms with van der Waals surface area (Å²) in [6.45, 7) is 5.29. The number of aromatic nitrogens is 2. The Hall–Kier alpha value is -2.18. The average molecular weight is 341 g/mol. The molecule has 0 aliphatic carbocycles. The molecular weight excluding hydrogens is 322 g/mol. The zero-order valence-corrected chi connectivity index (χ0v) is 14.5. The van der Waals surface area contributed by atoms with Gasteiger partial charge in [0.15, 0.2) is 5.13 Å². The maximum atomic E-state index is 12.8. The zero-order chi connectivity index (χ0) is 16.7. The van der Waals surface area contributed by atoms with Crippen molar-refractivity contribution in [2.24, 2.45) is 0 Å². The second-order valence-corrected chi connectivity index (χ2v) is 7.25. The number of carbonyl (C=O) groups excluding carboxylic acids is 1. The van der Waals surface area contributed by atoms with Gasteiger partial charge in [-0.05, 0) is 44.2 Å². The summed E-state index contributed by atoms with van der Waals surface area (Å²) < 4.78 is 8.72. The van der Waals surface area contributed by atoms with Crippen LogP contribution in [0.25, 0.3) is 15.3 Å². The summed E-state index contributed by atoms with van der Waals surface area (Å²) in [4.78, 5) is 19.3. The molecular formula is C18H19N3O2S. The number of thiazole rings is 1. The van der Waals surface area contributed by atoms with E-state index in [-0.39, 0.29) is 18.1 Å². The minimum absolute atomic E-state index is 0.0646. The summed E-state index contributed by atoms with van der Waals surface area (Å²) in [7, 11) is 0. The first-order valence-corrected chi connectivity index (χ1v) is 8.90. The van der Waals surface area contributed by atoms with Gasteiger partial charge in [0, 0.05) is 31.0 Å². The summed E-state index contributed by atoms with van der Waals surface area (Å²) in [6, 6.07) is 9.70. The van der Waals surface area contributed by atoms with Crippen LogP contribution in [0.4, 0.5) is 0 Å². The van der Waals surface area contributed by atoms with Crippen molar-refractivity contribution in [1.82, 2.24) is 14.5 Å². The van der Waals surface area contributed by atoms with Crippen LogP contribution in [0.1, 0.15) is 24.2 Å². The maximum Gasteiger partial charge on any atom is 0.254 e. The van der Waals surface area contributed by atoms with Gasteiger partial charge in [-0.15, -0.1) is 0 Å². The van der Waals surface area contributed by atoms with E-state index in [2.05, 4.69) is 4.98 Å². The first-order chi connectivity index (χ1) is 11.6. The van der Waals surface area contributed by atoms with Crippen molar-refractivity contribution in [3.8, 4) is 5.13 Å². The highest BCUT2D eigenvalue weighted by atomic mass is 32.1. The molecule has 2 atom stereocenters. The van der Waals surface area contributed by atoms with E-state index in [1.807, 2.05) is 66.0 Å². The van der Waals surface area contributed by atoms with Crippen molar-refractivity contribution in [3.63, 3.8) is 0 Å². The predicted molar refractivity (Wildman–Crippen MR) is 94.9 cm³/mol. The monoisotopic (exact) mass is 341 g/mol. The van der Waals surface area contributed by atoms with Gasteiger partial charge in [-0.2, -0.15) is 0 Å². The van der Waals surface area contributed by atoms with Gasteiger partial charge in [0.05, 0.1) is 22.4 Å². The number of amides is 1.